The van der Waals surface area contributed by atoms with Crippen LogP contribution in [0.25, 0.3) is 17.0 Å². The van der Waals surface area contributed by atoms with E-state index in [9.17, 15) is 9.18 Å². The summed E-state index contributed by atoms with van der Waals surface area (Å²) < 4.78 is 16.4. The van der Waals surface area contributed by atoms with Crippen LogP contribution >= 0.6 is 28.1 Å². The minimum absolute atomic E-state index is 0.157. The molecule has 5 rings (SSSR count). The first-order valence-electron chi connectivity index (χ1n) is 11.2. The Balaban J connectivity index is 1.57. The van der Waals surface area contributed by atoms with Gasteiger partial charge in [-0.05, 0) is 91.3 Å². The average Bonchev–Trinajstić information content (AvgIpc) is 3.26. The van der Waals surface area contributed by atoms with Gasteiger partial charge < -0.3 is 9.47 Å². The van der Waals surface area contributed by atoms with Gasteiger partial charge >= 0.3 is 0 Å². The lowest BCUT2D eigenvalue weighted by molar-refractivity contribution is -0.114. The molecule has 1 saturated heterocycles. The van der Waals surface area contributed by atoms with Crippen LogP contribution in [0.3, 0.4) is 0 Å². The van der Waals surface area contributed by atoms with E-state index in [1.54, 1.807) is 21.9 Å². The highest BCUT2D eigenvalue weighted by atomic mass is 79.9. The molecule has 7 heteroatoms. The molecule has 35 heavy (non-hydrogen) atoms. The maximum absolute atomic E-state index is 13.5. The van der Waals surface area contributed by atoms with E-state index in [0.717, 1.165) is 43.3 Å². The van der Waals surface area contributed by atoms with Gasteiger partial charge in [-0.2, -0.15) is 0 Å². The van der Waals surface area contributed by atoms with Crippen LogP contribution in [0.2, 0.25) is 0 Å². The molecule has 1 aromatic heterocycles. The highest BCUT2D eigenvalue weighted by molar-refractivity contribution is 9.10. The lowest BCUT2D eigenvalue weighted by atomic mass is 10.1. The molecular formula is C28H23BrFN3OS. The third-order valence-electron chi connectivity index (χ3n) is 6.44. The van der Waals surface area contributed by atoms with Crippen molar-refractivity contribution in [3.63, 3.8) is 0 Å². The Morgan fingerprint density at radius 1 is 1.00 bits per heavy atom. The molecule has 1 aliphatic heterocycles. The Hall–Kier alpha value is -3.29. The van der Waals surface area contributed by atoms with Crippen LogP contribution in [0.1, 0.15) is 22.3 Å². The van der Waals surface area contributed by atoms with E-state index in [4.69, 9.17) is 12.2 Å². The van der Waals surface area contributed by atoms with Crippen molar-refractivity contribution in [2.24, 2.45) is 0 Å². The highest BCUT2D eigenvalue weighted by Gasteiger charge is 2.37. The lowest BCUT2D eigenvalue weighted by Crippen LogP contribution is -2.31. The maximum atomic E-state index is 13.5. The normalized spacial score (nSPS) is 15.2. The van der Waals surface area contributed by atoms with Gasteiger partial charge in [-0.1, -0.05) is 34.1 Å². The van der Waals surface area contributed by atoms with Crippen LogP contribution in [-0.2, 0) is 11.3 Å². The Morgan fingerprint density at radius 2 is 1.74 bits per heavy atom. The number of nitrogens with zero attached hydrogens (tertiary/aromatic N) is 3. The zero-order chi connectivity index (χ0) is 24.9. The van der Waals surface area contributed by atoms with Crippen LogP contribution < -0.4 is 4.90 Å². The minimum Gasteiger partial charge on any atom is -0.342 e. The number of fused-ring (bicyclic) bond motifs is 1. The van der Waals surface area contributed by atoms with Gasteiger partial charge in [0.25, 0.3) is 5.91 Å². The standard InChI is InChI=1S/C28H23BrFN3OS/c1-17-4-10-23(12-18(17)2)33-27(34)26(31(3)28(33)35)13-20-16-32(15-19-5-8-22(30)9-6-19)25-11-7-21(29)14-24(20)25/h4-14,16H,15H2,1-3H3/b26-13-. The average molecular weight is 548 g/mol. The molecule has 0 radical (unpaired) electrons. The zero-order valence-corrected chi connectivity index (χ0v) is 22.0. The van der Waals surface area contributed by atoms with Crippen LogP contribution in [0.15, 0.2) is 77.0 Å². The van der Waals surface area contributed by atoms with E-state index < -0.39 is 0 Å². The Bertz CT molecular complexity index is 1520. The quantitative estimate of drug-likeness (QED) is 0.207. The van der Waals surface area contributed by atoms with Crippen molar-refractivity contribution in [1.82, 2.24) is 9.47 Å². The van der Waals surface area contributed by atoms with Gasteiger partial charge in [0, 0.05) is 40.7 Å². The van der Waals surface area contributed by atoms with Gasteiger partial charge in [0.05, 0.1) is 5.69 Å². The molecule has 176 valence electrons. The van der Waals surface area contributed by atoms with Gasteiger partial charge in [-0.15, -0.1) is 0 Å². The second kappa shape index (κ2) is 9.06. The number of halogens is 2. The number of likely N-dealkylation sites (N-methyl/N-ethyl adjacent to an activating group) is 1. The summed E-state index contributed by atoms with van der Waals surface area (Å²) in [6.07, 6.45) is 3.92. The molecule has 1 aliphatic rings. The number of hydrogen-bond donors (Lipinski definition) is 0. The largest absolute Gasteiger partial charge is 0.342 e. The summed E-state index contributed by atoms with van der Waals surface area (Å²) in [5.74, 6) is -0.414. The van der Waals surface area contributed by atoms with Crippen molar-refractivity contribution in [2.45, 2.75) is 20.4 Å². The number of aromatic nitrogens is 1. The van der Waals surface area contributed by atoms with E-state index in [1.165, 1.54) is 12.1 Å². The smallest absolute Gasteiger partial charge is 0.281 e. The fourth-order valence-corrected chi connectivity index (χ4v) is 4.97. The van der Waals surface area contributed by atoms with Crippen molar-refractivity contribution in [2.75, 3.05) is 11.9 Å². The topological polar surface area (TPSA) is 28.5 Å². The molecule has 4 aromatic rings. The van der Waals surface area contributed by atoms with Gasteiger partial charge in [-0.25, -0.2) is 4.39 Å². The van der Waals surface area contributed by atoms with Crippen molar-refractivity contribution in [3.8, 4) is 0 Å². The fourth-order valence-electron chi connectivity index (χ4n) is 4.33. The fraction of sp³-hybridized carbons (Fsp3) is 0.143. The van der Waals surface area contributed by atoms with E-state index in [1.807, 2.05) is 69.6 Å². The second-order valence-electron chi connectivity index (χ2n) is 8.78. The van der Waals surface area contributed by atoms with Gasteiger partial charge in [-0.3, -0.25) is 9.69 Å². The summed E-state index contributed by atoms with van der Waals surface area (Å²) in [6.45, 7) is 4.65. The first kappa shape index (κ1) is 23.5. The summed E-state index contributed by atoms with van der Waals surface area (Å²) in [4.78, 5) is 16.9. The predicted molar refractivity (Wildman–Crippen MR) is 147 cm³/mol. The lowest BCUT2D eigenvalue weighted by Gasteiger charge is -2.17. The zero-order valence-electron chi connectivity index (χ0n) is 19.5. The number of carbonyl (C=O) groups is 1. The van der Waals surface area contributed by atoms with E-state index in [2.05, 4.69) is 20.5 Å². The second-order valence-corrected chi connectivity index (χ2v) is 10.1. The molecule has 0 bridgehead atoms. The molecule has 0 spiro atoms. The summed E-state index contributed by atoms with van der Waals surface area (Å²) in [5.41, 5.74) is 6.45. The monoisotopic (exact) mass is 547 g/mol. The third kappa shape index (κ3) is 4.30. The summed E-state index contributed by atoms with van der Waals surface area (Å²) in [5, 5.41) is 1.45. The number of rotatable bonds is 4. The molecule has 1 fully saturated rings. The van der Waals surface area contributed by atoms with Crippen LogP contribution in [0, 0.1) is 19.7 Å². The molecule has 3 aromatic carbocycles. The van der Waals surface area contributed by atoms with E-state index in [-0.39, 0.29) is 11.7 Å². The van der Waals surface area contributed by atoms with E-state index in [0.29, 0.717) is 17.4 Å². The number of hydrogen-bond acceptors (Lipinski definition) is 2. The molecule has 4 nitrogen and oxygen atoms in total. The Morgan fingerprint density at radius 3 is 2.46 bits per heavy atom. The van der Waals surface area contributed by atoms with Gasteiger partial charge in [0.1, 0.15) is 11.5 Å². The number of anilines is 1. The summed E-state index contributed by atoms with van der Waals surface area (Å²) in [6, 6.07) is 18.5. The van der Waals surface area contributed by atoms with Crippen LogP contribution in [0.5, 0.6) is 0 Å². The molecule has 0 aliphatic carbocycles. The van der Waals surface area contributed by atoms with Crippen molar-refractivity contribution in [3.05, 3.63) is 105 Å². The summed E-state index contributed by atoms with van der Waals surface area (Å²) in [7, 11) is 1.82. The molecule has 0 unspecified atom stereocenters. The molecule has 1 amide bonds. The number of amides is 1. The number of aryl methyl sites for hydroxylation is 2. The van der Waals surface area contributed by atoms with Crippen molar-refractivity contribution >= 4 is 61.8 Å². The van der Waals surface area contributed by atoms with Crippen molar-refractivity contribution in [1.29, 1.82) is 0 Å². The molecular weight excluding hydrogens is 525 g/mol. The first-order valence-corrected chi connectivity index (χ1v) is 12.4. The molecule has 0 atom stereocenters. The summed E-state index contributed by atoms with van der Waals surface area (Å²) >= 11 is 9.23. The third-order valence-corrected chi connectivity index (χ3v) is 7.39. The van der Waals surface area contributed by atoms with Crippen molar-refractivity contribution < 1.29 is 9.18 Å². The Kier molecular flexibility index (Phi) is 6.07. The SMILES string of the molecule is Cc1ccc(N2C(=O)/C(=C/c3cn(Cc4ccc(F)cc4)c4ccc(Br)cc34)N(C)C2=S)cc1C. The molecule has 0 N–H and O–H groups in total. The Labute approximate surface area is 217 Å². The van der Waals surface area contributed by atoms with Gasteiger partial charge in [0.15, 0.2) is 5.11 Å². The maximum Gasteiger partial charge on any atom is 0.281 e. The van der Waals surface area contributed by atoms with Crippen LogP contribution in [-0.4, -0.2) is 27.5 Å². The number of benzene rings is 3. The van der Waals surface area contributed by atoms with E-state index >= 15 is 0 Å². The number of thiocarbonyl (C=S) groups is 1. The minimum atomic E-state index is -0.257. The number of carbonyl (C=O) groups excluding carboxylic acids is 1. The molecule has 0 saturated carbocycles. The predicted octanol–water partition coefficient (Wildman–Crippen LogP) is 6.81. The first-order chi connectivity index (χ1) is 16.7. The highest BCUT2D eigenvalue weighted by Crippen LogP contribution is 2.32. The van der Waals surface area contributed by atoms with Crippen LogP contribution in [0.4, 0.5) is 10.1 Å². The van der Waals surface area contributed by atoms with Gasteiger partial charge in [0.2, 0.25) is 0 Å². The molecule has 2 heterocycles.